The summed E-state index contributed by atoms with van der Waals surface area (Å²) in [5.41, 5.74) is 1.71. The second-order valence-corrected chi connectivity index (χ2v) is 7.77. The Kier molecular flexibility index (Phi) is 4.89. The average molecular weight is 378 g/mol. The average Bonchev–Trinajstić information content (AvgIpc) is 3.06. The number of hydrogen-bond donors (Lipinski definition) is 1. The van der Waals surface area contributed by atoms with E-state index in [-0.39, 0.29) is 10.8 Å². The SMILES string of the molecule is Cc1ccc(S(=O)(=O)N[C@@H](C)c2nc(-c3ccc(Cl)cc3)no2)cc1. The molecule has 1 atom stereocenters. The van der Waals surface area contributed by atoms with Crippen LogP contribution >= 0.6 is 11.6 Å². The molecule has 0 bridgehead atoms. The summed E-state index contributed by atoms with van der Waals surface area (Å²) in [4.78, 5) is 4.44. The molecule has 0 saturated heterocycles. The highest BCUT2D eigenvalue weighted by Gasteiger charge is 2.22. The lowest BCUT2D eigenvalue weighted by atomic mass is 10.2. The maximum atomic E-state index is 12.4. The molecule has 1 N–H and O–H groups in total. The van der Waals surface area contributed by atoms with E-state index in [9.17, 15) is 8.42 Å². The first-order valence-electron chi connectivity index (χ1n) is 7.54. The predicted molar refractivity (Wildman–Crippen MR) is 94.7 cm³/mol. The van der Waals surface area contributed by atoms with Crippen LogP contribution in [0.15, 0.2) is 57.9 Å². The molecule has 0 aliphatic heterocycles. The minimum absolute atomic E-state index is 0.181. The minimum atomic E-state index is -3.68. The quantitative estimate of drug-likeness (QED) is 0.732. The molecule has 0 amide bonds. The van der Waals surface area contributed by atoms with E-state index in [1.54, 1.807) is 55.5 Å². The smallest absolute Gasteiger partial charge is 0.244 e. The van der Waals surface area contributed by atoms with Gasteiger partial charge in [-0.2, -0.15) is 9.71 Å². The van der Waals surface area contributed by atoms with E-state index in [0.717, 1.165) is 11.1 Å². The van der Waals surface area contributed by atoms with Crippen LogP contribution in [0.25, 0.3) is 11.4 Å². The molecule has 6 nitrogen and oxygen atoms in total. The zero-order chi connectivity index (χ0) is 18.0. The first-order valence-corrected chi connectivity index (χ1v) is 9.40. The molecule has 8 heteroatoms. The van der Waals surface area contributed by atoms with Crippen LogP contribution in [-0.2, 0) is 10.0 Å². The highest BCUT2D eigenvalue weighted by Crippen LogP contribution is 2.22. The highest BCUT2D eigenvalue weighted by molar-refractivity contribution is 7.89. The fourth-order valence-corrected chi connectivity index (χ4v) is 3.52. The minimum Gasteiger partial charge on any atom is -0.337 e. The van der Waals surface area contributed by atoms with Gasteiger partial charge in [0.2, 0.25) is 21.7 Å². The molecular weight excluding hydrogens is 362 g/mol. The van der Waals surface area contributed by atoms with Gasteiger partial charge in [0.05, 0.1) is 10.9 Å². The number of halogens is 1. The molecule has 0 unspecified atom stereocenters. The molecule has 0 aliphatic carbocycles. The standard InChI is InChI=1S/C17H16ClN3O3S/c1-11-3-9-15(10-4-11)25(22,23)21-12(2)17-19-16(20-24-17)13-5-7-14(18)8-6-13/h3-10,12,21H,1-2H3/t12-/m0/s1. The summed E-state index contributed by atoms with van der Waals surface area (Å²) in [5, 5.41) is 4.49. The van der Waals surface area contributed by atoms with Crippen molar-refractivity contribution in [2.24, 2.45) is 0 Å². The zero-order valence-electron chi connectivity index (χ0n) is 13.6. The van der Waals surface area contributed by atoms with Gasteiger partial charge in [-0.05, 0) is 50.2 Å². The van der Waals surface area contributed by atoms with Crippen LogP contribution in [0, 0.1) is 6.92 Å². The number of benzene rings is 2. The van der Waals surface area contributed by atoms with Crippen molar-refractivity contribution in [3.8, 4) is 11.4 Å². The second-order valence-electron chi connectivity index (χ2n) is 5.62. The number of nitrogens with zero attached hydrogens (tertiary/aromatic N) is 2. The zero-order valence-corrected chi connectivity index (χ0v) is 15.2. The number of nitrogens with one attached hydrogen (secondary N) is 1. The van der Waals surface area contributed by atoms with Gasteiger partial charge >= 0.3 is 0 Å². The topological polar surface area (TPSA) is 85.1 Å². The predicted octanol–water partition coefficient (Wildman–Crippen LogP) is 3.74. The first-order chi connectivity index (χ1) is 11.8. The Balaban J connectivity index is 1.78. The van der Waals surface area contributed by atoms with Crippen molar-refractivity contribution in [3.05, 3.63) is 65.0 Å². The van der Waals surface area contributed by atoms with E-state index in [2.05, 4.69) is 14.9 Å². The largest absolute Gasteiger partial charge is 0.337 e. The van der Waals surface area contributed by atoms with Crippen LogP contribution in [0.5, 0.6) is 0 Å². The van der Waals surface area contributed by atoms with Crippen molar-refractivity contribution in [2.75, 3.05) is 0 Å². The van der Waals surface area contributed by atoms with Crippen molar-refractivity contribution in [1.29, 1.82) is 0 Å². The van der Waals surface area contributed by atoms with Crippen molar-refractivity contribution in [1.82, 2.24) is 14.9 Å². The van der Waals surface area contributed by atoms with E-state index in [4.69, 9.17) is 16.1 Å². The fourth-order valence-electron chi connectivity index (χ4n) is 2.20. The van der Waals surface area contributed by atoms with Crippen LogP contribution in [-0.4, -0.2) is 18.6 Å². The van der Waals surface area contributed by atoms with E-state index >= 15 is 0 Å². The van der Waals surface area contributed by atoms with Crippen LogP contribution in [0.3, 0.4) is 0 Å². The number of aryl methyl sites for hydroxylation is 1. The van der Waals surface area contributed by atoms with Gasteiger partial charge in [-0.1, -0.05) is 34.5 Å². The monoisotopic (exact) mass is 377 g/mol. The summed E-state index contributed by atoms with van der Waals surface area (Å²) in [5.74, 6) is 0.550. The van der Waals surface area contributed by atoms with Crippen molar-refractivity contribution in [2.45, 2.75) is 24.8 Å². The molecule has 1 aromatic heterocycles. The molecule has 0 spiro atoms. The van der Waals surface area contributed by atoms with Crippen LogP contribution in [0.1, 0.15) is 24.4 Å². The first kappa shape index (κ1) is 17.6. The lowest BCUT2D eigenvalue weighted by Gasteiger charge is -2.10. The Morgan fingerprint density at radius 3 is 2.36 bits per heavy atom. The lowest BCUT2D eigenvalue weighted by Crippen LogP contribution is -2.27. The number of hydrogen-bond acceptors (Lipinski definition) is 5. The normalized spacial score (nSPS) is 12.9. The molecule has 130 valence electrons. The van der Waals surface area contributed by atoms with Gasteiger partial charge in [0, 0.05) is 10.6 Å². The number of rotatable bonds is 5. The lowest BCUT2D eigenvalue weighted by molar-refractivity contribution is 0.354. The Hall–Kier alpha value is -2.22. The second kappa shape index (κ2) is 6.95. The molecule has 1 heterocycles. The highest BCUT2D eigenvalue weighted by atomic mass is 35.5. The van der Waals surface area contributed by atoms with Gasteiger partial charge < -0.3 is 4.52 Å². The molecule has 3 rings (SSSR count). The Bertz CT molecular complexity index is 967. The Labute approximate surface area is 150 Å². The summed E-state index contributed by atoms with van der Waals surface area (Å²) in [6, 6.07) is 12.9. The molecule has 0 radical (unpaired) electrons. The van der Waals surface area contributed by atoms with Crippen LogP contribution in [0.4, 0.5) is 0 Å². The third-order valence-electron chi connectivity index (χ3n) is 3.58. The van der Waals surface area contributed by atoms with Crippen molar-refractivity contribution in [3.63, 3.8) is 0 Å². The fraction of sp³-hybridized carbons (Fsp3) is 0.176. The van der Waals surface area contributed by atoms with Gasteiger partial charge in [0.15, 0.2) is 0 Å². The third-order valence-corrected chi connectivity index (χ3v) is 5.39. The maximum absolute atomic E-state index is 12.4. The molecular formula is C17H16ClN3O3S. The summed E-state index contributed by atoms with van der Waals surface area (Å²) >= 11 is 5.85. The molecule has 0 saturated carbocycles. The summed E-state index contributed by atoms with van der Waals surface area (Å²) in [6.07, 6.45) is 0. The van der Waals surface area contributed by atoms with Gasteiger partial charge in [-0.25, -0.2) is 8.42 Å². The Morgan fingerprint density at radius 1 is 1.08 bits per heavy atom. The van der Waals surface area contributed by atoms with Crippen LogP contribution in [0.2, 0.25) is 5.02 Å². The summed E-state index contributed by atoms with van der Waals surface area (Å²) < 4.78 is 32.6. The summed E-state index contributed by atoms with van der Waals surface area (Å²) in [7, 11) is -3.68. The molecule has 3 aromatic rings. The maximum Gasteiger partial charge on any atom is 0.244 e. The molecule has 0 fully saturated rings. The van der Waals surface area contributed by atoms with E-state index in [0.29, 0.717) is 10.8 Å². The van der Waals surface area contributed by atoms with Crippen molar-refractivity contribution < 1.29 is 12.9 Å². The summed E-state index contributed by atoms with van der Waals surface area (Å²) in [6.45, 7) is 3.54. The van der Waals surface area contributed by atoms with Crippen molar-refractivity contribution >= 4 is 21.6 Å². The van der Waals surface area contributed by atoms with Gasteiger partial charge in [0.25, 0.3) is 0 Å². The Morgan fingerprint density at radius 2 is 1.72 bits per heavy atom. The molecule has 25 heavy (non-hydrogen) atoms. The van der Waals surface area contributed by atoms with Gasteiger partial charge in [0.1, 0.15) is 0 Å². The van der Waals surface area contributed by atoms with E-state index < -0.39 is 16.1 Å². The van der Waals surface area contributed by atoms with E-state index in [1.165, 1.54) is 0 Å². The third kappa shape index (κ3) is 4.07. The number of aromatic nitrogens is 2. The van der Waals surface area contributed by atoms with Gasteiger partial charge in [-0.15, -0.1) is 0 Å². The van der Waals surface area contributed by atoms with Crippen LogP contribution < -0.4 is 4.72 Å². The van der Waals surface area contributed by atoms with Gasteiger partial charge in [-0.3, -0.25) is 0 Å². The van der Waals surface area contributed by atoms with E-state index in [1.807, 2.05) is 6.92 Å². The molecule has 2 aromatic carbocycles. The molecule has 0 aliphatic rings. The number of sulfonamides is 1.